The summed E-state index contributed by atoms with van der Waals surface area (Å²) in [6.45, 7) is 0. The van der Waals surface area contributed by atoms with Crippen LogP contribution in [0.3, 0.4) is 0 Å². The summed E-state index contributed by atoms with van der Waals surface area (Å²) in [6, 6.07) is 0. The number of halogens is 3. The summed E-state index contributed by atoms with van der Waals surface area (Å²) in [5.41, 5.74) is 0. The topological polar surface area (TPSA) is 17.8 Å². The molecule has 0 atom stereocenters. The average Bonchev–Trinajstić information content (AvgIpc) is 1.98. The van der Waals surface area contributed by atoms with Gasteiger partial charge in [-0.1, -0.05) is 0 Å². The van der Waals surface area contributed by atoms with Crippen molar-refractivity contribution in [1.29, 1.82) is 0 Å². The maximum absolute atomic E-state index is 12.0. The molecule has 0 aromatic carbocycles. The first-order chi connectivity index (χ1) is 4.13. The molecule has 2 nitrogen and oxygen atoms in total. The van der Waals surface area contributed by atoms with Crippen molar-refractivity contribution < 1.29 is 13.2 Å². The van der Waals surface area contributed by atoms with E-state index >= 15 is 0 Å². The van der Waals surface area contributed by atoms with Gasteiger partial charge in [-0.25, -0.2) is 4.68 Å². The highest BCUT2D eigenvalue weighted by atomic mass is 19.2. The molecule has 0 aliphatic rings. The first-order valence-electron chi connectivity index (χ1n) is 2.16. The third-order valence-electron chi connectivity index (χ3n) is 0.884. The molecular weight excluding hydrogens is 133 g/mol. The van der Waals surface area contributed by atoms with Gasteiger partial charge < -0.3 is 0 Å². The van der Waals surface area contributed by atoms with Crippen molar-refractivity contribution in [2.75, 3.05) is 0 Å². The summed E-state index contributed by atoms with van der Waals surface area (Å²) >= 11 is 0. The van der Waals surface area contributed by atoms with Crippen LogP contribution in [0.4, 0.5) is 13.2 Å². The molecule has 0 aliphatic carbocycles. The second-order valence-corrected chi connectivity index (χ2v) is 1.52. The molecule has 50 valence electrons. The lowest BCUT2D eigenvalue weighted by Gasteiger charge is -1.83. The standard InChI is InChI=1S/C4H3F3N2/c1-9-4(7)2(5)3(6)8-9/h1H3. The van der Waals surface area contributed by atoms with Crippen molar-refractivity contribution in [1.82, 2.24) is 9.78 Å². The summed E-state index contributed by atoms with van der Waals surface area (Å²) in [5.74, 6) is -4.22. The number of rotatable bonds is 0. The van der Waals surface area contributed by atoms with Crippen LogP contribution in [0.5, 0.6) is 0 Å². The summed E-state index contributed by atoms with van der Waals surface area (Å²) in [4.78, 5) is 0. The average molecular weight is 136 g/mol. The van der Waals surface area contributed by atoms with Crippen molar-refractivity contribution in [2.24, 2.45) is 7.05 Å². The van der Waals surface area contributed by atoms with Crippen LogP contribution in [0.25, 0.3) is 0 Å². The Hall–Kier alpha value is -1.00. The molecule has 0 amide bonds. The fourth-order valence-corrected chi connectivity index (χ4v) is 0.447. The van der Waals surface area contributed by atoms with Gasteiger partial charge in [-0.2, -0.15) is 13.2 Å². The molecule has 9 heavy (non-hydrogen) atoms. The summed E-state index contributed by atoms with van der Waals surface area (Å²) in [7, 11) is 1.11. The van der Waals surface area contributed by atoms with E-state index in [0.717, 1.165) is 7.05 Å². The fraction of sp³-hybridized carbons (Fsp3) is 0.250. The zero-order chi connectivity index (χ0) is 7.02. The third kappa shape index (κ3) is 0.778. The molecule has 5 heteroatoms. The predicted molar refractivity (Wildman–Crippen MR) is 23.1 cm³/mol. The first kappa shape index (κ1) is 6.12. The lowest BCUT2D eigenvalue weighted by Crippen LogP contribution is -1.93. The van der Waals surface area contributed by atoms with Crippen LogP contribution >= 0.6 is 0 Å². The molecule has 0 unspecified atom stereocenters. The van der Waals surface area contributed by atoms with Crippen molar-refractivity contribution in [2.45, 2.75) is 0 Å². The van der Waals surface area contributed by atoms with Crippen LogP contribution in [0.2, 0.25) is 0 Å². The van der Waals surface area contributed by atoms with Gasteiger partial charge in [0.25, 0.3) is 11.9 Å². The maximum atomic E-state index is 12.0. The minimum atomic E-state index is -1.53. The zero-order valence-electron chi connectivity index (χ0n) is 4.53. The molecule has 0 N–H and O–H groups in total. The van der Waals surface area contributed by atoms with E-state index in [1.165, 1.54) is 0 Å². The van der Waals surface area contributed by atoms with Crippen molar-refractivity contribution in [3.63, 3.8) is 0 Å². The van der Waals surface area contributed by atoms with Gasteiger partial charge in [-0.15, -0.1) is 5.10 Å². The van der Waals surface area contributed by atoms with Gasteiger partial charge >= 0.3 is 0 Å². The summed E-state index contributed by atoms with van der Waals surface area (Å²) < 4.78 is 36.3. The number of hydrogen-bond donors (Lipinski definition) is 0. The van der Waals surface area contributed by atoms with Crippen molar-refractivity contribution in [3.8, 4) is 0 Å². The molecule has 0 aliphatic heterocycles. The first-order valence-corrected chi connectivity index (χ1v) is 2.16. The minimum Gasteiger partial charge on any atom is -0.237 e. The highest BCUT2D eigenvalue weighted by Gasteiger charge is 2.14. The number of aryl methyl sites for hydroxylation is 1. The van der Waals surface area contributed by atoms with Crippen LogP contribution in [0, 0.1) is 17.7 Å². The number of hydrogen-bond acceptors (Lipinski definition) is 1. The van der Waals surface area contributed by atoms with E-state index in [1.54, 1.807) is 0 Å². The maximum Gasteiger partial charge on any atom is 0.271 e. The Morgan fingerprint density at radius 3 is 2.00 bits per heavy atom. The fourth-order valence-electron chi connectivity index (χ4n) is 0.447. The van der Waals surface area contributed by atoms with Crippen LogP contribution in [-0.2, 0) is 7.05 Å². The largest absolute Gasteiger partial charge is 0.271 e. The second kappa shape index (κ2) is 1.75. The Kier molecular flexibility index (Phi) is 1.19. The molecule has 0 radical (unpaired) electrons. The minimum absolute atomic E-state index is 0.491. The summed E-state index contributed by atoms with van der Waals surface area (Å²) in [6.07, 6.45) is 0. The lowest BCUT2D eigenvalue weighted by atomic mass is 10.6. The third-order valence-corrected chi connectivity index (χ3v) is 0.884. The quantitative estimate of drug-likeness (QED) is 0.516. The lowest BCUT2D eigenvalue weighted by molar-refractivity contribution is 0.436. The molecule has 0 spiro atoms. The molecule has 0 fully saturated rings. The van der Waals surface area contributed by atoms with Gasteiger partial charge in [0.1, 0.15) is 0 Å². The SMILES string of the molecule is Cn1nc(F)c(F)c1F. The number of nitrogens with zero attached hydrogens (tertiary/aromatic N) is 2. The summed E-state index contributed by atoms with van der Waals surface area (Å²) in [5, 5.41) is 2.81. The second-order valence-electron chi connectivity index (χ2n) is 1.52. The highest BCUT2D eigenvalue weighted by Crippen LogP contribution is 2.06. The highest BCUT2D eigenvalue weighted by molar-refractivity contribution is 4.90. The monoisotopic (exact) mass is 136 g/mol. The number of aromatic nitrogens is 2. The van der Waals surface area contributed by atoms with Gasteiger partial charge in [-0.3, -0.25) is 0 Å². The van der Waals surface area contributed by atoms with E-state index in [9.17, 15) is 13.2 Å². The Bertz CT molecular complexity index is 207. The van der Waals surface area contributed by atoms with Gasteiger partial charge in [0.2, 0.25) is 5.82 Å². The molecule has 0 bridgehead atoms. The van der Waals surface area contributed by atoms with E-state index in [0.29, 0.717) is 4.68 Å². The molecule has 1 aromatic heterocycles. The van der Waals surface area contributed by atoms with Crippen LogP contribution in [-0.4, -0.2) is 9.78 Å². The molecule has 1 heterocycles. The molecular formula is C4H3F3N2. The van der Waals surface area contributed by atoms with E-state index < -0.39 is 17.7 Å². The zero-order valence-corrected chi connectivity index (χ0v) is 4.53. The van der Waals surface area contributed by atoms with Crippen LogP contribution in [0.15, 0.2) is 0 Å². The Morgan fingerprint density at radius 1 is 1.33 bits per heavy atom. The van der Waals surface area contributed by atoms with Gasteiger partial charge in [0.05, 0.1) is 0 Å². The molecule has 1 aromatic rings. The van der Waals surface area contributed by atoms with Gasteiger partial charge in [-0.05, 0) is 0 Å². The Balaban J connectivity index is 3.29. The predicted octanol–water partition coefficient (Wildman–Crippen LogP) is 0.837. The smallest absolute Gasteiger partial charge is 0.237 e. The van der Waals surface area contributed by atoms with Crippen molar-refractivity contribution >= 4 is 0 Å². The van der Waals surface area contributed by atoms with E-state index in [2.05, 4.69) is 5.10 Å². The van der Waals surface area contributed by atoms with Gasteiger partial charge in [0, 0.05) is 7.05 Å². The van der Waals surface area contributed by atoms with E-state index in [4.69, 9.17) is 0 Å². The van der Waals surface area contributed by atoms with E-state index in [1.807, 2.05) is 0 Å². The van der Waals surface area contributed by atoms with E-state index in [-0.39, 0.29) is 0 Å². The van der Waals surface area contributed by atoms with Crippen molar-refractivity contribution in [3.05, 3.63) is 17.7 Å². The Labute approximate surface area is 48.9 Å². The Morgan fingerprint density at radius 2 is 1.89 bits per heavy atom. The molecule has 0 saturated carbocycles. The normalized spacial score (nSPS) is 10.2. The van der Waals surface area contributed by atoms with Crippen LogP contribution < -0.4 is 0 Å². The molecule has 0 saturated heterocycles. The van der Waals surface area contributed by atoms with Crippen LogP contribution in [0.1, 0.15) is 0 Å². The molecule has 1 rings (SSSR count). The van der Waals surface area contributed by atoms with Gasteiger partial charge in [0.15, 0.2) is 0 Å².